The molecule has 0 amide bonds. The highest BCUT2D eigenvalue weighted by atomic mass is 16.6. The zero-order chi connectivity index (χ0) is 15.4. The van der Waals surface area contributed by atoms with Gasteiger partial charge in [-0.3, -0.25) is 0 Å². The maximum absolute atomic E-state index is 12.2. The van der Waals surface area contributed by atoms with E-state index in [1.807, 2.05) is 37.3 Å². The lowest BCUT2D eigenvalue weighted by molar-refractivity contribution is -0.00568. The van der Waals surface area contributed by atoms with E-state index in [4.69, 9.17) is 4.74 Å². The zero-order valence-electron chi connectivity index (χ0n) is 12.4. The lowest BCUT2D eigenvalue weighted by atomic mass is 10.1. The van der Waals surface area contributed by atoms with Crippen molar-refractivity contribution in [2.24, 2.45) is 0 Å². The van der Waals surface area contributed by atoms with E-state index in [1.54, 1.807) is 24.7 Å². The predicted octanol–water partition coefficient (Wildman–Crippen LogP) is 2.42. The van der Waals surface area contributed by atoms with Gasteiger partial charge >= 0.3 is 5.97 Å². The molecule has 0 radical (unpaired) electrons. The Hall–Kier alpha value is -2.14. The second kappa shape index (κ2) is 6.54. The summed E-state index contributed by atoms with van der Waals surface area (Å²) in [6.45, 7) is 5.23. The number of rotatable bonds is 5. The maximum atomic E-state index is 12.2. The number of hydrogen-bond acceptors (Lipinski definition) is 4. The topological polar surface area (TPSA) is 64.4 Å². The third-order valence-corrected chi connectivity index (χ3v) is 3.55. The van der Waals surface area contributed by atoms with E-state index < -0.39 is 18.2 Å². The minimum atomic E-state index is -0.711. The Bertz CT molecular complexity index is 593. The molecule has 0 aliphatic carbocycles. The molecule has 0 bridgehead atoms. The van der Waals surface area contributed by atoms with Crippen LogP contribution in [0.1, 0.15) is 42.9 Å². The molecule has 2 aromatic rings. The third-order valence-electron chi connectivity index (χ3n) is 3.55. The molecule has 5 heteroatoms. The number of carbonyl (C=O) groups excluding carboxylic acids is 1. The molecule has 0 aliphatic rings. The van der Waals surface area contributed by atoms with Crippen LogP contribution in [0.4, 0.5) is 0 Å². The number of ether oxygens (including phenoxy) is 1. The van der Waals surface area contributed by atoms with Crippen LogP contribution in [0, 0.1) is 0 Å². The Morgan fingerprint density at radius 1 is 1.24 bits per heavy atom. The molecular formula is C16H20N2O3. The summed E-state index contributed by atoms with van der Waals surface area (Å²) in [7, 11) is 0. The van der Waals surface area contributed by atoms with Crippen LogP contribution in [0.25, 0.3) is 0 Å². The highest BCUT2D eigenvalue weighted by Gasteiger charge is 2.21. The minimum Gasteiger partial charge on any atom is -0.455 e. The van der Waals surface area contributed by atoms with E-state index in [-0.39, 0.29) is 6.04 Å². The lowest BCUT2D eigenvalue weighted by Gasteiger charge is -2.19. The summed E-state index contributed by atoms with van der Waals surface area (Å²) in [6.07, 6.45) is 1.82. The van der Waals surface area contributed by atoms with Gasteiger partial charge in [0.2, 0.25) is 0 Å². The number of imidazole rings is 1. The highest BCUT2D eigenvalue weighted by Crippen LogP contribution is 2.20. The normalized spacial score (nSPS) is 15.2. The van der Waals surface area contributed by atoms with Crippen molar-refractivity contribution in [1.82, 2.24) is 9.55 Å². The van der Waals surface area contributed by atoms with E-state index in [0.717, 1.165) is 5.56 Å². The summed E-state index contributed by atoms with van der Waals surface area (Å²) in [6, 6.07) is 9.82. The molecule has 2 rings (SSSR count). The molecule has 0 unspecified atom stereocenters. The van der Waals surface area contributed by atoms with Gasteiger partial charge in [0, 0.05) is 0 Å². The summed E-state index contributed by atoms with van der Waals surface area (Å²) in [5, 5.41) is 9.42. The zero-order valence-corrected chi connectivity index (χ0v) is 12.4. The average Bonchev–Trinajstić information content (AvgIpc) is 2.96. The first-order chi connectivity index (χ1) is 10.0. The smallest absolute Gasteiger partial charge is 0.356 e. The third kappa shape index (κ3) is 3.49. The number of carbonyl (C=O) groups is 1. The van der Waals surface area contributed by atoms with Crippen LogP contribution in [-0.2, 0) is 4.74 Å². The van der Waals surface area contributed by atoms with Gasteiger partial charge < -0.3 is 14.4 Å². The number of aromatic nitrogens is 2. The monoisotopic (exact) mass is 288 g/mol. The lowest BCUT2D eigenvalue weighted by Crippen LogP contribution is -2.27. The van der Waals surface area contributed by atoms with Gasteiger partial charge in [-0.2, -0.15) is 0 Å². The van der Waals surface area contributed by atoms with E-state index in [0.29, 0.717) is 5.69 Å². The Morgan fingerprint density at radius 3 is 2.52 bits per heavy atom. The van der Waals surface area contributed by atoms with Gasteiger partial charge in [0.1, 0.15) is 11.8 Å². The molecule has 0 fully saturated rings. The molecule has 3 atom stereocenters. The Balaban J connectivity index is 2.21. The second-order valence-corrected chi connectivity index (χ2v) is 5.12. The molecule has 1 heterocycles. The van der Waals surface area contributed by atoms with Crippen molar-refractivity contribution < 1.29 is 14.6 Å². The molecule has 0 saturated heterocycles. The van der Waals surface area contributed by atoms with Gasteiger partial charge in [-0.25, -0.2) is 9.78 Å². The molecular weight excluding hydrogens is 268 g/mol. The summed E-state index contributed by atoms with van der Waals surface area (Å²) in [4.78, 5) is 16.2. The molecule has 21 heavy (non-hydrogen) atoms. The first-order valence-corrected chi connectivity index (χ1v) is 6.96. The van der Waals surface area contributed by atoms with Gasteiger partial charge in [-0.05, 0) is 26.3 Å². The molecule has 0 aliphatic heterocycles. The highest BCUT2D eigenvalue weighted by molar-refractivity contribution is 5.87. The molecule has 0 saturated carbocycles. The van der Waals surface area contributed by atoms with Crippen molar-refractivity contribution in [3.63, 3.8) is 0 Å². The number of aliphatic hydroxyl groups is 1. The van der Waals surface area contributed by atoms with Crippen LogP contribution < -0.4 is 0 Å². The van der Waals surface area contributed by atoms with Crippen LogP contribution in [0.15, 0.2) is 42.9 Å². The Morgan fingerprint density at radius 2 is 1.90 bits per heavy atom. The Labute approximate surface area is 124 Å². The van der Waals surface area contributed by atoms with Gasteiger partial charge in [0.25, 0.3) is 0 Å². The fraction of sp³-hybridized carbons (Fsp3) is 0.375. The molecule has 0 spiro atoms. The van der Waals surface area contributed by atoms with Crippen LogP contribution >= 0.6 is 0 Å². The van der Waals surface area contributed by atoms with Gasteiger partial charge in [0.05, 0.1) is 24.7 Å². The molecule has 112 valence electrons. The average molecular weight is 288 g/mol. The summed E-state index contributed by atoms with van der Waals surface area (Å²) in [5.74, 6) is -0.483. The maximum Gasteiger partial charge on any atom is 0.356 e. The van der Waals surface area contributed by atoms with Crippen molar-refractivity contribution in [2.45, 2.75) is 39.0 Å². The van der Waals surface area contributed by atoms with Crippen LogP contribution in [-0.4, -0.2) is 32.8 Å². The van der Waals surface area contributed by atoms with Crippen LogP contribution in [0.2, 0.25) is 0 Å². The van der Waals surface area contributed by atoms with Gasteiger partial charge in [0.15, 0.2) is 0 Å². The van der Waals surface area contributed by atoms with Crippen molar-refractivity contribution in [3.05, 3.63) is 54.1 Å². The summed E-state index contributed by atoms with van der Waals surface area (Å²) < 4.78 is 7.00. The first-order valence-electron chi connectivity index (χ1n) is 6.96. The number of benzene rings is 1. The summed E-state index contributed by atoms with van der Waals surface area (Å²) in [5.41, 5.74) is 1.45. The fourth-order valence-electron chi connectivity index (χ4n) is 1.99. The number of esters is 1. The number of nitrogens with zero attached hydrogens (tertiary/aromatic N) is 2. The van der Waals surface area contributed by atoms with Crippen molar-refractivity contribution in [1.29, 1.82) is 0 Å². The van der Waals surface area contributed by atoms with E-state index in [1.165, 1.54) is 6.20 Å². The quantitative estimate of drug-likeness (QED) is 0.858. The van der Waals surface area contributed by atoms with Crippen LogP contribution in [0.5, 0.6) is 0 Å². The molecule has 1 aromatic heterocycles. The van der Waals surface area contributed by atoms with Crippen molar-refractivity contribution in [2.75, 3.05) is 0 Å². The first kappa shape index (κ1) is 15.3. The van der Waals surface area contributed by atoms with Crippen molar-refractivity contribution >= 4 is 5.97 Å². The summed E-state index contributed by atoms with van der Waals surface area (Å²) >= 11 is 0. The number of hydrogen-bond donors (Lipinski definition) is 1. The van der Waals surface area contributed by atoms with Crippen molar-refractivity contribution in [3.8, 4) is 0 Å². The van der Waals surface area contributed by atoms with Crippen LogP contribution in [0.3, 0.4) is 0 Å². The second-order valence-electron chi connectivity index (χ2n) is 5.12. The van der Waals surface area contributed by atoms with E-state index in [9.17, 15) is 9.90 Å². The molecule has 1 N–H and O–H groups in total. The SMILES string of the molecule is C[C@H](c1ccccc1)n1cncc1C(=O)O[C@H](C)[C@@H](C)O. The fourth-order valence-corrected chi connectivity index (χ4v) is 1.99. The van der Waals surface area contributed by atoms with E-state index in [2.05, 4.69) is 4.98 Å². The molecule has 5 nitrogen and oxygen atoms in total. The van der Waals surface area contributed by atoms with Gasteiger partial charge in [-0.15, -0.1) is 0 Å². The largest absolute Gasteiger partial charge is 0.455 e. The standard InChI is InChI=1S/C16H20N2O3/c1-11(14-7-5-4-6-8-14)18-10-17-9-15(18)16(20)21-13(3)12(2)19/h4-13,19H,1-3H3/t11-,12-,13-/m1/s1. The van der Waals surface area contributed by atoms with E-state index >= 15 is 0 Å². The minimum absolute atomic E-state index is 0.0295. The predicted molar refractivity (Wildman–Crippen MR) is 79.0 cm³/mol. The van der Waals surface area contributed by atoms with Gasteiger partial charge in [-0.1, -0.05) is 30.3 Å². The number of aliphatic hydroxyl groups excluding tert-OH is 1. The molecule has 1 aromatic carbocycles. The Kier molecular flexibility index (Phi) is 4.75.